The summed E-state index contributed by atoms with van der Waals surface area (Å²) in [5.41, 5.74) is 0. The van der Waals surface area contributed by atoms with Crippen molar-refractivity contribution in [3.63, 3.8) is 0 Å². The van der Waals surface area contributed by atoms with E-state index in [1.165, 1.54) is 11.8 Å². The van der Waals surface area contributed by atoms with E-state index in [1.54, 1.807) is 0 Å². The molecule has 0 amide bonds. The maximum absolute atomic E-state index is 11.4. The van der Waals surface area contributed by atoms with Crippen LogP contribution in [0.25, 0.3) is 0 Å². The van der Waals surface area contributed by atoms with Gasteiger partial charge in [-0.05, 0) is 6.42 Å². The maximum atomic E-state index is 11.4. The molecule has 2 aliphatic rings. The van der Waals surface area contributed by atoms with Gasteiger partial charge in [0.05, 0.1) is 17.5 Å². The first kappa shape index (κ1) is 13.3. The molecule has 15 heavy (non-hydrogen) atoms. The Morgan fingerprint density at radius 3 is 2.80 bits per heavy atom. The molecule has 0 aliphatic carbocycles. The smallest absolute Gasteiger partial charge is 0.157 e. The van der Waals surface area contributed by atoms with Crippen LogP contribution in [0.4, 0.5) is 0 Å². The zero-order chi connectivity index (χ0) is 10.3. The highest BCUT2D eigenvalue weighted by atomic mass is 79.9. The van der Waals surface area contributed by atoms with Gasteiger partial charge in [0.2, 0.25) is 0 Å². The third kappa shape index (κ3) is 2.50. The minimum absolute atomic E-state index is 0. The van der Waals surface area contributed by atoms with Gasteiger partial charge in [0.1, 0.15) is 0 Å². The molecule has 0 unspecified atom stereocenters. The van der Waals surface area contributed by atoms with Crippen molar-refractivity contribution in [2.75, 3.05) is 18.1 Å². The van der Waals surface area contributed by atoms with Crippen LogP contribution < -0.4 is 0 Å². The quantitative estimate of drug-likeness (QED) is 0.830. The van der Waals surface area contributed by atoms with Crippen LogP contribution in [-0.2, 0) is 9.84 Å². The Morgan fingerprint density at radius 1 is 1.53 bits per heavy atom. The van der Waals surface area contributed by atoms with Gasteiger partial charge < -0.3 is 4.90 Å². The van der Waals surface area contributed by atoms with E-state index in [2.05, 4.69) is 6.92 Å². The summed E-state index contributed by atoms with van der Waals surface area (Å²) in [6, 6.07) is 0.0671. The summed E-state index contributed by atoms with van der Waals surface area (Å²) in [6.45, 7) is 2.86. The summed E-state index contributed by atoms with van der Waals surface area (Å²) in [6.07, 6.45) is 0.964. The first-order valence-electron chi connectivity index (χ1n) is 4.76. The fourth-order valence-corrected chi connectivity index (χ4v) is 5.93. The number of sulfone groups is 1. The molecule has 88 valence electrons. The van der Waals surface area contributed by atoms with Crippen LogP contribution in [0.2, 0.25) is 0 Å². The Balaban J connectivity index is 0.00000112. The minimum atomic E-state index is -2.84. The van der Waals surface area contributed by atoms with E-state index in [0.29, 0.717) is 5.17 Å². The van der Waals surface area contributed by atoms with Gasteiger partial charge in [-0.3, -0.25) is 5.41 Å². The van der Waals surface area contributed by atoms with Crippen molar-refractivity contribution in [1.29, 1.82) is 5.41 Å². The van der Waals surface area contributed by atoms with Crippen LogP contribution in [0.5, 0.6) is 0 Å². The lowest BCUT2D eigenvalue weighted by Gasteiger charge is -2.22. The minimum Gasteiger partial charge on any atom is -0.346 e. The van der Waals surface area contributed by atoms with Gasteiger partial charge in [0.25, 0.3) is 0 Å². The van der Waals surface area contributed by atoms with Crippen molar-refractivity contribution in [2.45, 2.75) is 24.6 Å². The van der Waals surface area contributed by atoms with Gasteiger partial charge in [0.15, 0.2) is 15.0 Å². The first-order chi connectivity index (χ1) is 6.53. The van der Waals surface area contributed by atoms with Crippen molar-refractivity contribution in [3.05, 3.63) is 0 Å². The number of hydrogen-bond acceptors (Lipinski definition) is 4. The summed E-state index contributed by atoms with van der Waals surface area (Å²) in [5, 5.41) is 8.39. The molecule has 0 aromatic rings. The van der Waals surface area contributed by atoms with E-state index >= 15 is 0 Å². The van der Waals surface area contributed by atoms with E-state index in [9.17, 15) is 8.42 Å². The van der Waals surface area contributed by atoms with Gasteiger partial charge in [-0.15, -0.1) is 17.0 Å². The van der Waals surface area contributed by atoms with Crippen molar-refractivity contribution in [1.82, 2.24) is 4.90 Å². The number of nitrogens with one attached hydrogen (secondary N) is 1. The molecular formula is C8H15BrN2O2S2. The topological polar surface area (TPSA) is 61.2 Å². The van der Waals surface area contributed by atoms with Crippen molar-refractivity contribution < 1.29 is 8.42 Å². The standard InChI is InChI=1S/C8H14N2O2S2.BrH/c1-2-3-10-6-4-14(11,12)5-7(6)13-8(10)9;/h6-7,9H,2-5H2,1H3;1H/t6-,7+;/m0./s1. The lowest BCUT2D eigenvalue weighted by molar-refractivity contribution is 0.356. The molecule has 0 aromatic carbocycles. The second kappa shape index (κ2) is 4.63. The zero-order valence-corrected chi connectivity index (χ0v) is 11.8. The van der Waals surface area contributed by atoms with Crippen LogP contribution in [0.3, 0.4) is 0 Å². The number of fused-ring (bicyclic) bond motifs is 1. The van der Waals surface area contributed by atoms with Crippen LogP contribution in [0.15, 0.2) is 0 Å². The summed E-state index contributed by atoms with van der Waals surface area (Å²) >= 11 is 1.42. The normalized spacial score (nSPS) is 32.6. The van der Waals surface area contributed by atoms with Crippen molar-refractivity contribution in [2.24, 2.45) is 0 Å². The highest BCUT2D eigenvalue weighted by Crippen LogP contribution is 2.37. The Kier molecular flexibility index (Phi) is 4.11. The fourth-order valence-electron chi connectivity index (χ4n) is 2.07. The molecule has 2 saturated heterocycles. The van der Waals surface area contributed by atoms with Gasteiger partial charge in [-0.2, -0.15) is 0 Å². The Morgan fingerprint density at radius 2 is 2.20 bits per heavy atom. The van der Waals surface area contributed by atoms with Crippen LogP contribution in [0, 0.1) is 5.41 Å². The summed E-state index contributed by atoms with van der Waals surface area (Å²) in [5.74, 6) is 0.498. The number of amidine groups is 1. The summed E-state index contributed by atoms with van der Waals surface area (Å²) in [7, 11) is -2.84. The van der Waals surface area contributed by atoms with E-state index in [-0.39, 0.29) is 39.8 Å². The average Bonchev–Trinajstić information content (AvgIpc) is 2.47. The molecule has 0 bridgehead atoms. The molecule has 2 atom stereocenters. The second-order valence-electron chi connectivity index (χ2n) is 3.80. The van der Waals surface area contributed by atoms with E-state index < -0.39 is 9.84 Å². The molecule has 4 nitrogen and oxygen atoms in total. The number of hydrogen-bond donors (Lipinski definition) is 1. The SMILES string of the molecule is Br.CCCN1C(=N)S[C@@H]2CS(=O)(=O)C[C@@H]21. The molecule has 0 saturated carbocycles. The molecule has 2 rings (SSSR count). The second-order valence-corrected chi connectivity index (χ2v) is 7.18. The molecule has 2 heterocycles. The Labute approximate surface area is 105 Å². The maximum Gasteiger partial charge on any atom is 0.157 e. The van der Waals surface area contributed by atoms with Crippen LogP contribution in [-0.4, -0.2) is 47.8 Å². The highest BCUT2D eigenvalue weighted by molar-refractivity contribution is 8.93. The largest absolute Gasteiger partial charge is 0.346 e. The molecule has 0 radical (unpaired) electrons. The van der Waals surface area contributed by atoms with E-state index in [4.69, 9.17) is 5.41 Å². The number of nitrogens with zero attached hydrogens (tertiary/aromatic N) is 1. The van der Waals surface area contributed by atoms with Gasteiger partial charge in [-0.25, -0.2) is 8.42 Å². The van der Waals surface area contributed by atoms with E-state index in [0.717, 1.165) is 13.0 Å². The Bertz CT molecular complexity index is 358. The van der Waals surface area contributed by atoms with Gasteiger partial charge in [-0.1, -0.05) is 18.7 Å². The number of rotatable bonds is 2. The third-order valence-electron chi connectivity index (χ3n) is 2.66. The lowest BCUT2D eigenvalue weighted by Crippen LogP contribution is -2.37. The highest BCUT2D eigenvalue weighted by Gasteiger charge is 2.47. The first-order valence-corrected chi connectivity index (χ1v) is 7.46. The predicted molar refractivity (Wildman–Crippen MR) is 68.9 cm³/mol. The molecule has 2 fully saturated rings. The molecule has 2 aliphatic heterocycles. The van der Waals surface area contributed by atoms with Crippen molar-refractivity contribution >= 4 is 43.7 Å². The van der Waals surface area contributed by atoms with Crippen LogP contribution >= 0.6 is 28.7 Å². The Hall–Kier alpha value is 0.250. The van der Waals surface area contributed by atoms with Gasteiger partial charge in [0, 0.05) is 11.8 Å². The molecule has 0 spiro atoms. The zero-order valence-electron chi connectivity index (χ0n) is 8.47. The van der Waals surface area contributed by atoms with E-state index in [1.807, 2.05) is 4.90 Å². The monoisotopic (exact) mass is 314 g/mol. The predicted octanol–water partition coefficient (Wildman–Crippen LogP) is 1.12. The number of thioether (sulfide) groups is 1. The molecular weight excluding hydrogens is 300 g/mol. The van der Waals surface area contributed by atoms with Crippen molar-refractivity contribution in [3.8, 4) is 0 Å². The molecule has 0 aromatic heterocycles. The fraction of sp³-hybridized carbons (Fsp3) is 0.875. The molecule has 1 N–H and O–H groups in total. The number of halogens is 1. The molecule has 7 heteroatoms. The summed E-state index contributed by atoms with van der Waals surface area (Å²) in [4.78, 5) is 1.94. The summed E-state index contributed by atoms with van der Waals surface area (Å²) < 4.78 is 22.8. The third-order valence-corrected chi connectivity index (χ3v) is 5.83. The van der Waals surface area contributed by atoms with Gasteiger partial charge >= 0.3 is 0 Å². The average molecular weight is 315 g/mol. The lowest BCUT2D eigenvalue weighted by atomic mass is 10.2. The van der Waals surface area contributed by atoms with Crippen LogP contribution in [0.1, 0.15) is 13.3 Å².